The van der Waals surface area contributed by atoms with Crippen LogP contribution in [0, 0.1) is 6.92 Å². The fraction of sp³-hybridized carbons (Fsp3) is 0.200. The molecule has 0 saturated carbocycles. The Bertz CT molecular complexity index is 1190. The van der Waals surface area contributed by atoms with E-state index < -0.39 is 0 Å². The highest BCUT2D eigenvalue weighted by molar-refractivity contribution is 6.09. The van der Waals surface area contributed by atoms with Crippen molar-refractivity contribution in [3.8, 4) is 17.2 Å². The number of ether oxygens (including phenoxy) is 2. The van der Waals surface area contributed by atoms with E-state index in [1.807, 2.05) is 61.0 Å². The molecule has 0 aliphatic heterocycles. The standard InChI is InChI=1S/C20H19N3O3/c1-12-18-16-10-9-15(26-4)11-17(16)22(2)19(18)20(24)23(21-12)13-5-7-14(25-3)8-6-13/h5-11H,1-4H3. The first kappa shape index (κ1) is 16.2. The lowest BCUT2D eigenvalue weighted by atomic mass is 10.1. The SMILES string of the molecule is COc1ccc(-n2nc(C)c3c4ccc(OC)cc4n(C)c3c2=O)cc1. The fourth-order valence-electron chi connectivity index (χ4n) is 3.40. The molecule has 4 aromatic rings. The molecule has 2 aromatic carbocycles. The van der Waals surface area contributed by atoms with Gasteiger partial charge in [-0.1, -0.05) is 0 Å². The molecule has 0 radical (unpaired) electrons. The lowest BCUT2D eigenvalue weighted by Crippen LogP contribution is -2.23. The summed E-state index contributed by atoms with van der Waals surface area (Å²) in [7, 11) is 5.13. The Kier molecular flexibility index (Phi) is 3.68. The van der Waals surface area contributed by atoms with Crippen LogP contribution in [-0.4, -0.2) is 28.6 Å². The molecule has 0 amide bonds. The second-order valence-corrected chi connectivity index (χ2v) is 6.17. The molecule has 132 valence electrons. The van der Waals surface area contributed by atoms with Crippen molar-refractivity contribution in [3.63, 3.8) is 0 Å². The van der Waals surface area contributed by atoms with Gasteiger partial charge in [-0.2, -0.15) is 9.78 Å². The molecular formula is C20H19N3O3. The summed E-state index contributed by atoms with van der Waals surface area (Å²) < 4.78 is 13.9. The Morgan fingerprint density at radius 1 is 0.962 bits per heavy atom. The van der Waals surface area contributed by atoms with Crippen molar-refractivity contribution in [2.24, 2.45) is 7.05 Å². The van der Waals surface area contributed by atoms with E-state index in [4.69, 9.17) is 9.47 Å². The normalized spacial score (nSPS) is 11.2. The Morgan fingerprint density at radius 3 is 2.27 bits per heavy atom. The summed E-state index contributed by atoms with van der Waals surface area (Å²) in [5.74, 6) is 1.49. The van der Waals surface area contributed by atoms with Crippen LogP contribution in [0.15, 0.2) is 47.3 Å². The maximum Gasteiger partial charge on any atom is 0.296 e. The Labute approximate surface area is 150 Å². The molecule has 0 N–H and O–H groups in total. The van der Waals surface area contributed by atoms with Gasteiger partial charge in [-0.3, -0.25) is 4.79 Å². The van der Waals surface area contributed by atoms with Crippen molar-refractivity contribution >= 4 is 21.8 Å². The highest BCUT2D eigenvalue weighted by atomic mass is 16.5. The predicted octanol–water partition coefficient (Wildman–Crippen LogP) is 3.20. The predicted molar refractivity (Wildman–Crippen MR) is 102 cm³/mol. The van der Waals surface area contributed by atoms with Crippen LogP contribution in [0.4, 0.5) is 0 Å². The summed E-state index contributed by atoms with van der Waals surface area (Å²) in [5, 5.41) is 6.42. The van der Waals surface area contributed by atoms with Gasteiger partial charge in [-0.05, 0) is 43.3 Å². The van der Waals surface area contributed by atoms with Gasteiger partial charge in [0.2, 0.25) is 0 Å². The van der Waals surface area contributed by atoms with E-state index in [0.29, 0.717) is 11.2 Å². The van der Waals surface area contributed by atoms with Gasteiger partial charge < -0.3 is 14.0 Å². The molecule has 0 unspecified atom stereocenters. The van der Waals surface area contributed by atoms with Crippen LogP contribution in [0.5, 0.6) is 11.5 Å². The molecule has 0 saturated heterocycles. The summed E-state index contributed by atoms with van der Waals surface area (Å²) in [4.78, 5) is 13.2. The average molecular weight is 349 g/mol. The number of hydrogen-bond donors (Lipinski definition) is 0. The van der Waals surface area contributed by atoms with E-state index in [0.717, 1.165) is 33.5 Å². The Balaban J connectivity index is 2.06. The van der Waals surface area contributed by atoms with E-state index in [9.17, 15) is 4.79 Å². The maximum atomic E-state index is 13.2. The van der Waals surface area contributed by atoms with Gasteiger partial charge >= 0.3 is 0 Å². The summed E-state index contributed by atoms with van der Waals surface area (Å²) in [5.41, 5.74) is 2.90. The lowest BCUT2D eigenvalue weighted by Gasteiger charge is -2.08. The van der Waals surface area contributed by atoms with Crippen molar-refractivity contribution in [3.05, 3.63) is 58.5 Å². The van der Waals surface area contributed by atoms with Gasteiger partial charge in [0.1, 0.15) is 17.0 Å². The van der Waals surface area contributed by atoms with Crippen LogP contribution < -0.4 is 15.0 Å². The van der Waals surface area contributed by atoms with Crippen LogP contribution in [0.25, 0.3) is 27.5 Å². The van der Waals surface area contributed by atoms with Crippen LogP contribution in [0.3, 0.4) is 0 Å². The van der Waals surface area contributed by atoms with E-state index >= 15 is 0 Å². The van der Waals surface area contributed by atoms with Crippen LogP contribution in [-0.2, 0) is 7.05 Å². The zero-order chi connectivity index (χ0) is 18.4. The number of fused-ring (bicyclic) bond motifs is 3. The van der Waals surface area contributed by atoms with Crippen molar-refractivity contribution in [2.75, 3.05) is 14.2 Å². The molecule has 0 fully saturated rings. The number of aromatic nitrogens is 3. The number of aryl methyl sites for hydroxylation is 2. The summed E-state index contributed by atoms with van der Waals surface area (Å²) in [6, 6.07) is 13.1. The zero-order valence-corrected chi connectivity index (χ0v) is 15.1. The van der Waals surface area contributed by atoms with Crippen LogP contribution in [0.1, 0.15) is 5.69 Å². The van der Waals surface area contributed by atoms with Crippen molar-refractivity contribution in [2.45, 2.75) is 6.92 Å². The molecule has 6 heteroatoms. The van der Waals surface area contributed by atoms with E-state index in [1.54, 1.807) is 14.2 Å². The quantitative estimate of drug-likeness (QED) is 0.570. The molecule has 2 heterocycles. The van der Waals surface area contributed by atoms with Gasteiger partial charge in [0.25, 0.3) is 5.56 Å². The first-order valence-electron chi connectivity index (χ1n) is 8.25. The minimum atomic E-state index is -0.159. The first-order chi connectivity index (χ1) is 12.5. The molecule has 0 bridgehead atoms. The molecule has 0 aliphatic rings. The van der Waals surface area contributed by atoms with Gasteiger partial charge in [0.05, 0.1) is 31.1 Å². The molecule has 4 rings (SSSR count). The molecule has 0 atom stereocenters. The Hall–Kier alpha value is -3.28. The largest absolute Gasteiger partial charge is 0.497 e. The monoisotopic (exact) mass is 349 g/mol. The molecule has 26 heavy (non-hydrogen) atoms. The summed E-state index contributed by atoms with van der Waals surface area (Å²) >= 11 is 0. The van der Waals surface area contributed by atoms with Crippen molar-refractivity contribution < 1.29 is 9.47 Å². The highest BCUT2D eigenvalue weighted by Crippen LogP contribution is 2.30. The first-order valence-corrected chi connectivity index (χ1v) is 8.25. The fourth-order valence-corrected chi connectivity index (χ4v) is 3.40. The van der Waals surface area contributed by atoms with Gasteiger partial charge in [0, 0.05) is 23.9 Å². The Morgan fingerprint density at radius 2 is 1.62 bits per heavy atom. The molecule has 0 spiro atoms. The number of benzene rings is 2. The lowest BCUT2D eigenvalue weighted by molar-refractivity contribution is 0.414. The van der Waals surface area contributed by atoms with E-state index in [2.05, 4.69) is 5.10 Å². The van der Waals surface area contributed by atoms with Crippen molar-refractivity contribution in [1.29, 1.82) is 0 Å². The summed E-state index contributed by atoms with van der Waals surface area (Å²) in [6.45, 7) is 1.92. The number of methoxy groups -OCH3 is 2. The number of rotatable bonds is 3. The van der Waals surface area contributed by atoms with Crippen LogP contribution in [0.2, 0.25) is 0 Å². The highest BCUT2D eigenvalue weighted by Gasteiger charge is 2.18. The topological polar surface area (TPSA) is 58.3 Å². The third-order valence-corrected chi connectivity index (χ3v) is 4.73. The van der Waals surface area contributed by atoms with E-state index in [1.165, 1.54) is 4.68 Å². The van der Waals surface area contributed by atoms with Gasteiger partial charge in [-0.15, -0.1) is 0 Å². The third-order valence-electron chi connectivity index (χ3n) is 4.73. The number of nitrogens with zero attached hydrogens (tertiary/aromatic N) is 3. The average Bonchev–Trinajstić information content (AvgIpc) is 2.97. The minimum absolute atomic E-state index is 0.159. The van der Waals surface area contributed by atoms with E-state index in [-0.39, 0.29) is 5.56 Å². The molecule has 2 aromatic heterocycles. The second-order valence-electron chi connectivity index (χ2n) is 6.17. The van der Waals surface area contributed by atoms with Gasteiger partial charge in [-0.25, -0.2) is 0 Å². The second kappa shape index (κ2) is 5.91. The zero-order valence-electron chi connectivity index (χ0n) is 15.1. The van der Waals surface area contributed by atoms with Gasteiger partial charge in [0.15, 0.2) is 0 Å². The molecular weight excluding hydrogens is 330 g/mol. The molecule has 6 nitrogen and oxygen atoms in total. The third kappa shape index (κ3) is 2.26. The smallest absolute Gasteiger partial charge is 0.296 e. The molecule has 0 aliphatic carbocycles. The summed E-state index contributed by atoms with van der Waals surface area (Å²) in [6.07, 6.45) is 0. The number of hydrogen-bond acceptors (Lipinski definition) is 4. The minimum Gasteiger partial charge on any atom is -0.497 e. The maximum absolute atomic E-state index is 13.2. The van der Waals surface area contributed by atoms with Crippen LogP contribution >= 0.6 is 0 Å². The van der Waals surface area contributed by atoms with Crippen molar-refractivity contribution in [1.82, 2.24) is 14.3 Å².